The normalized spacial score (nSPS) is 11.5. The highest BCUT2D eigenvalue weighted by atomic mass is 35.5. The minimum atomic E-state index is -4.76. The monoisotopic (exact) mass is 351 g/mol. The number of nitrogens with zero attached hydrogens (tertiary/aromatic N) is 2. The second kappa shape index (κ2) is 6.09. The van der Waals surface area contributed by atoms with Crippen LogP contribution in [0.2, 0.25) is 5.02 Å². The first-order valence-electron chi connectivity index (χ1n) is 5.88. The van der Waals surface area contributed by atoms with Crippen molar-refractivity contribution in [3.8, 4) is 0 Å². The lowest BCUT2D eigenvalue weighted by Gasteiger charge is -2.12. The minimum Gasteiger partial charge on any atom is -0.374 e. The van der Waals surface area contributed by atoms with Gasteiger partial charge >= 0.3 is 6.18 Å². The Labute approximate surface area is 131 Å². The molecule has 5 nitrogen and oxygen atoms in total. The molecule has 1 heterocycles. The molecular weight excluding hydrogens is 343 g/mol. The van der Waals surface area contributed by atoms with Crippen molar-refractivity contribution in [3.63, 3.8) is 0 Å². The Morgan fingerprint density at radius 3 is 2.64 bits per heavy atom. The third kappa shape index (κ3) is 3.66. The van der Waals surface area contributed by atoms with Crippen LogP contribution in [0.4, 0.5) is 24.5 Å². The van der Waals surface area contributed by atoms with Crippen molar-refractivity contribution < 1.29 is 18.1 Å². The lowest BCUT2D eigenvalue weighted by molar-refractivity contribution is -0.384. The van der Waals surface area contributed by atoms with Gasteiger partial charge in [-0.05, 0) is 13.0 Å². The number of aromatic nitrogens is 1. The number of benzene rings is 1. The summed E-state index contributed by atoms with van der Waals surface area (Å²) in [6.07, 6.45) is -4.76. The van der Waals surface area contributed by atoms with Gasteiger partial charge in [0.1, 0.15) is 5.69 Å². The van der Waals surface area contributed by atoms with Crippen LogP contribution in [0.3, 0.4) is 0 Å². The zero-order valence-corrected chi connectivity index (χ0v) is 12.6. The van der Waals surface area contributed by atoms with Crippen LogP contribution in [0.5, 0.6) is 0 Å². The van der Waals surface area contributed by atoms with Crippen molar-refractivity contribution in [1.29, 1.82) is 0 Å². The van der Waals surface area contributed by atoms with E-state index in [1.807, 2.05) is 0 Å². The van der Waals surface area contributed by atoms with Gasteiger partial charge < -0.3 is 5.32 Å². The summed E-state index contributed by atoms with van der Waals surface area (Å²) in [6.45, 7) is 1.94. The quantitative estimate of drug-likeness (QED) is 0.643. The maximum absolute atomic E-state index is 12.7. The summed E-state index contributed by atoms with van der Waals surface area (Å²) in [7, 11) is 0. The second-order valence-corrected chi connectivity index (χ2v) is 5.78. The van der Waals surface area contributed by atoms with Crippen molar-refractivity contribution >= 4 is 34.3 Å². The van der Waals surface area contributed by atoms with Crippen LogP contribution < -0.4 is 5.32 Å². The Morgan fingerprint density at radius 2 is 2.14 bits per heavy atom. The molecule has 0 saturated heterocycles. The van der Waals surface area contributed by atoms with E-state index in [9.17, 15) is 23.3 Å². The van der Waals surface area contributed by atoms with Gasteiger partial charge in [-0.2, -0.15) is 13.2 Å². The molecule has 0 spiro atoms. The molecule has 118 valence electrons. The predicted molar refractivity (Wildman–Crippen MR) is 77.3 cm³/mol. The van der Waals surface area contributed by atoms with E-state index in [2.05, 4.69) is 10.3 Å². The van der Waals surface area contributed by atoms with E-state index in [0.29, 0.717) is 11.8 Å². The van der Waals surface area contributed by atoms with E-state index < -0.39 is 27.4 Å². The third-order valence-electron chi connectivity index (χ3n) is 2.71. The van der Waals surface area contributed by atoms with Crippen LogP contribution in [0.15, 0.2) is 17.5 Å². The van der Waals surface area contributed by atoms with Crippen LogP contribution >= 0.6 is 22.9 Å². The first kappa shape index (κ1) is 16.5. The van der Waals surface area contributed by atoms with Crippen molar-refractivity contribution in [3.05, 3.63) is 48.9 Å². The van der Waals surface area contributed by atoms with Gasteiger partial charge in [0.2, 0.25) is 0 Å². The summed E-state index contributed by atoms with van der Waals surface area (Å²) in [4.78, 5) is 14.2. The predicted octanol–water partition coefficient (Wildman–Crippen LogP) is 4.64. The van der Waals surface area contributed by atoms with E-state index in [4.69, 9.17) is 11.6 Å². The number of anilines is 1. The average molecular weight is 352 g/mol. The molecule has 2 aromatic rings. The molecule has 22 heavy (non-hydrogen) atoms. The molecular formula is C12H9ClF3N3O2S. The van der Waals surface area contributed by atoms with Crippen molar-refractivity contribution in [1.82, 2.24) is 4.98 Å². The molecule has 1 aromatic heterocycles. The first-order valence-corrected chi connectivity index (χ1v) is 7.14. The maximum Gasteiger partial charge on any atom is 0.418 e. The maximum atomic E-state index is 12.7. The minimum absolute atomic E-state index is 0.0892. The zero-order chi connectivity index (χ0) is 16.5. The lowest BCUT2D eigenvalue weighted by atomic mass is 10.1. The standard InChI is InChI=1S/C12H9ClF3N3O2S/c1-6-18-7(5-22-6)4-17-10-3-9(13)8(12(14,15)16)2-11(10)19(20)21/h2-3,5,17H,4H2,1H3. The molecule has 0 aliphatic rings. The van der Waals surface area contributed by atoms with Gasteiger partial charge in [0.05, 0.1) is 32.8 Å². The number of aryl methyl sites for hydroxylation is 1. The highest BCUT2D eigenvalue weighted by molar-refractivity contribution is 7.09. The Hall–Kier alpha value is -1.87. The molecule has 0 aliphatic carbocycles. The number of thiazole rings is 1. The van der Waals surface area contributed by atoms with E-state index in [-0.39, 0.29) is 12.2 Å². The van der Waals surface area contributed by atoms with Gasteiger partial charge in [-0.25, -0.2) is 4.98 Å². The molecule has 0 saturated carbocycles. The van der Waals surface area contributed by atoms with Gasteiger partial charge in [0.15, 0.2) is 0 Å². The van der Waals surface area contributed by atoms with Gasteiger partial charge in [0, 0.05) is 11.4 Å². The molecule has 0 unspecified atom stereocenters. The van der Waals surface area contributed by atoms with Crippen LogP contribution in [-0.2, 0) is 12.7 Å². The fourth-order valence-corrected chi connectivity index (χ4v) is 2.63. The number of rotatable bonds is 4. The Bertz CT molecular complexity index is 718. The number of nitrogens with one attached hydrogen (secondary N) is 1. The summed E-state index contributed by atoms with van der Waals surface area (Å²) in [5, 5.41) is 15.6. The third-order valence-corrected chi connectivity index (χ3v) is 3.85. The van der Waals surface area contributed by atoms with Crippen molar-refractivity contribution in [2.75, 3.05) is 5.32 Å². The Morgan fingerprint density at radius 1 is 1.45 bits per heavy atom. The molecule has 0 aliphatic heterocycles. The van der Waals surface area contributed by atoms with Gasteiger partial charge in [-0.15, -0.1) is 11.3 Å². The van der Waals surface area contributed by atoms with E-state index in [1.165, 1.54) is 11.3 Å². The molecule has 1 N–H and O–H groups in total. The van der Waals surface area contributed by atoms with Crippen molar-refractivity contribution in [2.24, 2.45) is 0 Å². The fraction of sp³-hybridized carbons (Fsp3) is 0.250. The lowest BCUT2D eigenvalue weighted by Crippen LogP contribution is -2.09. The summed E-state index contributed by atoms with van der Waals surface area (Å²) >= 11 is 6.98. The zero-order valence-electron chi connectivity index (χ0n) is 11.1. The second-order valence-electron chi connectivity index (χ2n) is 4.32. The highest BCUT2D eigenvalue weighted by Crippen LogP contribution is 2.40. The van der Waals surface area contributed by atoms with E-state index in [0.717, 1.165) is 11.1 Å². The first-order chi connectivity index (χ1) is 10.2. The molecule has 0 atom stereocenters. The number of halogens is 4. The SMILES string of the molecule is Cc1nc(CNc2cc(Cl)c(C(F)(F)F)cc2[N+](=O)[O-])cs1. The van der Waals surface area contributed by atoms with Gasteiger partial charge in [-0.1, -0.05) is 11.6 Å². The topological polar surface area (TPSA) is 68.1 Å². The van der Waals surface area contributed by atoms with Crippen molar-refractivity contribution in [2.45, 2.75) is 19.6 Å². The average Bonchev–Trinajstić information content (AvgIpc) is 2.80. The molecule has 10 heteroatoms. The molecule has 2 rings (SSSR count). The number of nitro groups is 1. The molecule has 1 aromatic carbocycles. The molecule has 0 radical (unpaired) electrons. The molecule has 0 fully saturated rings. The number of alkyl halides is 3. The Balaban J connectivity index is 2.34. The van der Waals surface area contributed by atoms with Gasteiger partial charge in [0.25, 0.3) is 5.69 Å². The van der Waals surface area contributed by atoms with Crippen LogP contribution in [-0.4, -0.2) is 9.91 Å². The smallest absolute Gasteiger partial charge is 0.374 e. The van der Waals surface area contributed by atoms with Crippen LogP contribution in [0.25, 0.3) is 0 Å². The highest BCUT2D eigenvalue weighted by Gasteiger charge is 2.36. The Kier molecular flexibility index (Phi) is 4.57. The molecule has 0 amide bonds. The van der Waals surface area contributed by atoms with Gasteiger partial charge in [-0.3, -0.25) is 10.1 Å². The van der Waals surface area contributed by atoms with E-state index >= 15 is 0 Å². The molecule has 0 bridgehead atoms. The number of nitro benzene ring substituents is 1. The number of hydrogen-bond donors (Lipinski definition) is 1. The fourth-order valence-electron chi connectivity index (χ4n) is 1.75. The summed E-state index contributed by atoms with van der Waals surface area (Å²) in [5.41, 5.74) is -1.39. The van der Waals surface area contributed by atoms with Crippen LogP contribution in [0, 0.1) is 17.0 Å². The largest absolute Gasteiger partial charge is 0.418 e. The summed E-state index contributed by atoms with van der Waals surface area (Å²) < 4.78 is 38.2. The van der Waals surface area contributed by atoms with Crippen LogP contribution in [0.1, 0.15) is 16.3 Å². The number of hydrogen-bond acceptors (Lipinski definition) is 5. The summed E-state index contributed by atoms with van der Waals surface area (Å²) in [5.74, 6) is 0. The summed E-state index contributed by atoms with van der Waals surface area (Å²) in [6, 6.07) is 1.33. The van der Waals surface area contributed by atoms with E-state index in [1.54, 1.807) is 12.3 Å².